The summed E-state index contributed by atoms with van der Waals surface area (Å²) in [5.74, 6) is 0.449. The zero-order chi connectivity index (χ0) is 11.3. The monoisotopic (exact) mass is 225 g/mol. The Balaban J connectivity index is 2.67. The Kier molecular flexibility index (Phi) is 5.13. The maximum absolute atomic E-state index is 6.17. The quantitative estimate of drug-likeness (QED) is 0.803. The summed E-state index contributed by atoms with van der Waals surface area (Å²) in [5.41, 5.74) is 1.23. The van der Waals surface area contributed by atoms with Crippen molar-refractivity contribution >= 4 is 11.6 Å². The Morgan fingerprint density at radius 2 is 1.93 bits per heavy atom. The third-order valence-corrected chi connectivity index (χ3v) is 3.21. The maximum atomic E-state index is 6.17. The van der Waals surface area contributed by atoms with Crippen LogP contribution in [0, 0.1) is 0 Å². The summed E-state index contributed by atoms with van der Waals surface area (Å²) in [6.07, 6.45) is 1.17. The number of halogens is 1. The minimum absolute atomic E-state index is 0.449. The van der Waals surface area contributed by atoms with Gasteiger partial charge in [-0.1, -0.05) is 43.6 Å². The fourth-order valence-electron chi connectivity index (χ4n) is 1.66. The highest BCUT2D eigenvalue weighted by Gasteiger charge is 2.15. The second-order valence-electron chi connectivity index (χ2n) is 4.05. The highest BCUT2D eigenvalue weighted by Crippen LogP contribution is 2.26. The number of hydrogen-bond donors (Lipinski definition) is 1. The third-order valence-electron chi connectivity index (χ3n) is 2.86. The summed E-state index contributed by atoms with van der Waals surface area (Å²) in [6.45, 7) is 7.67. The van der Waals surface area contributed by atoms with Gasteiger partial charge in [-0.15, -0.1) is 0 Å². The molecule has 0 aliphatic carbocycles. The summed E-state index contributed by atoms with van der Waals surface area (Å²) >= 11 is 6.17. The second-order valence-corrected chi connectivity index (χ2v) is 4.46. The first-order chi connectivity index (χ1) is 7.16. The van der Waals surface area contributed by atoms with Crippen LogP contribution in [0.1, 0.15) is 38.7 Å². The molecule has 1 aromatic rings. The van der Waals surface area contributed by atoms with E-state index in [2.05, 4.69) is 32.2 Å². The van der Waals surface area contributed by atoms with E-state index in [1.54, 1.807) is 0 Å². The van der Waals surface area contributed by atoms with Gasteiger partial charge in [-0.2, -0.15) is 0 Å². The number of rotatable bonds is 5. The van der Waals surface area contributed by atoms with Gasteiger partial charge in [0.2, 0.25) is 0 Å². The molecule has 0 spiro atoms. The van der Waals surface area contributed by atoms with Crippen LogP contribution in [0.4, 0.5) is 0 Å². The van der Waals surface area contributed by atoms with E-state index in [-0.39, 0.29) is 0 Å². The van der Waals surface area contributed by atoms with E-state index in [0.717, 1.165) is 11.6 Å². The molecular weight excluding hydrogens is 206 g/mol. The number of hydrogen-bond acceptors (Lipinski definition) is 1. The molecule has 2 atom stereocenters. The molecule has 0 saturated carbocycles. The van der Waals surface area contributed by atoms with E-state index in [1.165, 1.54) is 12.0 Å². The van der Waals surface area contributed by atoms with Crippen LogP contribution in [0.2, 0.25) is 5.02 Å². The van der Waals surface area contributed by atoms with Crippen LogP contribution >= 0.6 is 11.6 Å². The topological polar surface area (TPSA) is 12.0 Å². The zero-order valence-corrected chi connectivity index (χ0v) is 10.5. The largest absolute Gasteiger partial charge is 0.314 e. The standard InChI is InChI=1S/C13H20ClN/c1-4-9-15-11(3)10(2)12-7-5-6-8-13(12)14/h5-8,10-11,15H,4,9H2,1-3H3. The normalized spacial score (nSPS) is 14.9. The fraction of sp³-hybridized carbons (Fsp3) is 0.538. The van der Waals surface area contributed by atoms with Crippen molar-refractivity contribution in [3.05, 3.63) is 34.9 Å². The van der Waals surface area contributed by atoms with Gasteiger partial charge in [0, 0.05) is 11.1 Å². The molecule has 2 heteroatoms. The molecule has 1 aromatic carbocycles. The molecule has 0 aromatic heterocycles. The van der Waals surface area contributed by atoms with Crippen LogP contribution in [0.15, 0.2) is 24.3 Å². The van der Waals surface area contributed by atoms with Crippen molar-refractivity contribution in [3.63, 3.8) is 0 Å². The summed E-state index contributed by atoms with van der Waals surface area (Å²) in [4.78, 5) is 0. The first kappa shape index (κ1) is 12.5. The van der Waals surface area contributed by atoms with E-state index in [1.807, 2.05) is 18.2 Å². The van der Waals surface area contributed by atoms with Gasteiger partial charge in [-0.3, -0.25) is 0 Å². The molecule has 0 aliphatic rings. The summed E-state index contributed by atoms with van der Waals surface area (Å²) in [5, 5.41) is 4.37. The molecule has 1 rings (SSSR count). The van der Waals surface area contributed by atoms with Crippen LogP contribution < -0.4 is 5.32 Å². The Labute approximate surface area is 97.8 Å². The first-order valence-electron chi connectivity index (χ1n) is 5.64. The molecule has 0 bridgehead atoms. The highest BCUT2D eigenvalue weighted by molar-refractivity contribution is 6.31. The fourth-order valence-corrected chi connectivity index (χ4v) is 1.97. The van der Waals surface area contributed by atoms with Gasteiger partial charge in [-0.25, -0.2) is 0 Å². The van der Waals surface area contributed by atoms with Crippen LogP contribution in [-0.4, -0.2) is 12.6 Å². The number of nitrogens with one attached hydrogen (secondary N) is 1. The minimum atomic E-state index is 0.449. The lowest BCUT2D eigenvalue weighted by atomic mass is 9.94. The van der Waals surface area contributed by atoms with Gasteiger partial charge >= 0.3 is 0 Å². The van der Waals surface area contributed by atoms with Crippen molar-refractivity contribution in [1.29, 1.82) is 0 Å². The van der Waals surface area contributed by atoms with E-state index < -0.39 is 0 Å². The predicted molar refractivity (Wildman–Crippen MR) is 67.6 cm³/mol. The van der Waals surface area contributed by atoms with Crippen molar-refractivity contribution in [2.75, 3.05) is 6.54 Å². The molecule has 1 nitrogen and oxygen atoms in total. The lowest BCUT2D eigenvalue weighted by Crippen LogP contribution is -2.31. The highest BCUT2D eigenvalue weighted by atomic mass is 35.5. The van der Waals surface area contributed by atoms with Gasteiger partial charge in [0.15, 0.2) is 0 Å². The lowest BCUT2D eigenvalue weighted by Gasteiger charge is -2.22. The maximum Gasteiger partial charge on any atom is 0.0441 e. The molecule has 0 saturated heterocycles. The van der Waals surface area contributed by atoms with Gasteiger partial charge in [0.1, 0.15) is 0 Å². The predicted octanol–water partition coefficient (Wildman–Crippen LogP) is 3.83. The molecule has 15 heavy (non-hydrogen) atoms. The van der Waals surface area contributed by atoms with Gasteiger partial charge in [0.05, 0.1) is 0 Å². The average Bonchev–Trinajstić information content (AvgIpc) is 2.25. The molecule has 1 N–H and O–H groups in total. The number of benzene rings is 1. The smallest absolute Gasteiger partial charge is 0.0441 e. The molecule has 0 amide bonds. The third kappa shape index (κ3) is 3.51. The molecule has 84 valence electrons. The summed E-state index contributed by atoms with van der Waals surface area (Å²) in [7, 11) is 0. The molecule has 0 aliphatic heterocycles. The zero-order valence-electron chi connectivity index (χ0n) is 9.76. The van der Waals surface area contributed by atoms with E-state index in [9.17, 15) is 0 Å². The average molecular weight is 226 g/mol. The summed E-state index contributed by atoms with van der Waals surface area (Å²) in [6, 6.07) is 8.55. The Morgan fingerprint density at radius 1 is 1.27 bits per heavy atom. The van der Waals surface area contributed by atoms with Crippen molar-refractivity contribution in [2.45, 2.75) is 39.2 Å². The van der Waals surface area contributed by atoms with Gasteiger partial charge in [-0.05, 0) is 37.4 Å². The van der Waals surface area contributed by atoms with Crippen molar-refractivity contribution in [1.82, 2.24) is 5.32 Å². The van der Waals surface area contributed by atoms with Crippen LogP contribution in [-0.2, 0) is 0 Å². The molecule has 2 unspecified atom stereocenters. The Hall–Kier alpha value is -0.530. The van der Waals surface area contributed by atoms with Crippen molar-refractivity contribution in [3.8, 4) is 0 Å². The van der Waals surface area contributed by atoms with Gasteiger partial charge < -0.3 is 5.32 Å². The SMILES string of the molecule is CCCNC(C)C(C)c1ccccc1Cl. The van der Waals surface area contributed by atoms with Crippen molar-refractivity contribution < 1.29 is 0 Å². The lowest BCUT2D eigenvalue weighted by molar-refractivity contribution is 0.481. The van der Waals surface area contributed by atoms with E-state index in [0.29, 0.717) is 12.0 Å². The molecule has 0 radical (unpaired) electrons. The molecular formula is C13H20ClN. The molecule has 0 heterocycles. The minimum Gasteiger partial charge on any atom is -0.314 e. The Morgan fingerprint density at radius 3 is 2.53 bits per heavy atom. The summed E-state index contributed by atoms with van der Waals surface area (Å²) < 4.78 is 0. The Bertz CT molecular complexity index is 298. The van der Waals surface area contributed by atoms with Gasteiger partial charge in [0.25, 0.3) is 0 Å². The van der Waals surface area contributed by atoms with Crippen LogP contribution in [0.5, 0.6) is 0 Å². The second kappa shape index (κ2) is 6.14. The van der Waals surface area contributed by atoms with Crippen LogP contribution in [0.3, 0.4) is 0 Å². The van der Waals surface area contributed by atoms with Crippen LogP contribution in [0.25, 0.3) is 0 Å². The first-order valence-corrected chi connectivity index (χ1v) is 6.02. The van der Waals surface area contributed by atoms with E-state index in [4.69, 9.17) is 11.6 Å². The molecule has 0 fully saturated rings. The van der Waals surface area contributed by atoms with Crippen molar-refractivity contribution in [2.24, 2.45) is 0 Å². The van der Waals surface area contributed by atoms with E-state index >= 15 is 0 Å².